The molecule has 0 rings (SSSR count). The molecule has 0 aromatic carbocycles. The zero-order valence-electron chi connectivity index (χ0n) is 12.8. The Labute approximate surface area is 147 Å². The number of hydrogen-bond acceptors (Lipinski definition) is 4. The van der Waals surface area contributed by atoms with Crippen molar-refractivity contribution in [2.75, 3.05) is 7.11 Å². The number of ether oxygens (including phenoxy) is 3. The van der Waals surface area contributed by atoms with Gasteiger partial charge in [0.05, 0.1) is 7.11 Å². The van der Waals surface area contributed by atoms with Crippen molar-refractivity contribution >= 4 is 5.97 Å². The minimum atomic E-state index is -7.94. The molecule has 0 aliphatic carbocycles. The van der Waals surface area contributed by atoms with E-state index in [1.54, 1.807) is 4.74 Å². The Morgan fingerprint density at radius 2 is 1.07 bits per heavy atom. The smallest absolute Gasteiger partial charge is 0.465 e. The third-order valence-electron chi connectivity index (χ3n) is 2.57. The van der Waals surface area contributed by atoms with Crippen LogP contribution in [0.3, 0.4) is 0 Å². The van der Waals surface area contributed by atoms with Gasteiger partial charge in [0.2, 0.25) is 0 Å². The minimum Gasteiger partial charge on any atom is -0.465 e. The summed E-state index contributed by atoms with van der Waals surface area (Å²) >= 11 is 0. The number of carbonyl (C=O) groups is 1. The Morgan fingerprint density at radius 3 is 1.38 bits per heavy atom. The lowest BCUT2D eigenvalue weighted by Crippen LogP contribution is -2.66. The third kappa shape index (κ3) is 4.58. The first kappa shape index (κ1) is 26.9. The van der Waals surface area contributed by atoms with Crippen molar-refractivity contribution in [2.24, 2.45) is 0 Å². The van der Waals surface area contributed by atoms with Gasteiger partial charge in [-0.25, -0.2) is 4.79 Å². The highest BCUT2D eigenvalue weighted by Crippen LogP contribution is 2.56. The van der Waals surface area contributed by atoms with Crippen molar-refractivity contribution in [1.82, 2.24) is 0 Å². The zero-order valence-corrected chi connectivity index (χ0v) is 12.8. The molecule has 0 spiro atoms. The number of hydrogen-bond donors (Lipinski definition) is 0. The summed E-state index contributed by atoms with van der Waals surface area (Å²) in [7, 11) is -0.140. The molecule has 1 atom stereocenters. The van der Waals surface area contributed by atoms with Crippen molar-refractivity contribution in [3.05, 3.63) is 12.1 Å². The van der Waals surface area contributed by atoms with Crippen LogP contribution in [0.25, 0.3) is 0 Å². The molecule has 0 aromatic rings. The van der Waals surface area contributed by atoms with Crippen LogP contribution in [-0.2, 0) is 19.0 Å². The molecule has 0 fully saturated rings. The highest BCUT2D eigenvalue weighted by Gasteiger charge is 2.86. The molecule has 172 valence electrons. The Hall–Kier alpha value is -2.08. The van der Waals surface area contributed by atoms with Crippen LogP contribution in [-0.4, -0.2) is 49.2 Å². The number of halogens is 15. The first-order chi connectivity index (χ1) is 12.5. The Bertz CT molecular complexity index is 650. The van der Waals surface area contributed by atoms with Gasteiger partial charge in [0, 0.05) is 0 Å². The SMILES string of the molecule is COC(=O)C(F)(OC(F)(F)C(F)(F)C(F)(F)C(F)(F)OC(F)=C(F)F)C(F)(F)F. The molecule has 0 N–H and O–H groups in total. The number of esters is 1. The highest BCUT2D eigenvalue weighted by atomic mass is 19.4. The van der Waals surface area contributed by atoms with Crippen LogP contribution in [0, 0.1) is 0 Å². The fourth-order valence-electron chi connectivity index (χ4n) is 1.17. The standard InChI is InChI=1S/C10H3F15O4/c1-27-4(26)5(14,8(19,20)21)29-10(24,25)7(17,18)6(15,16)9(22,23)28-3(13)2(11)12/h1H3. The predicted molar refractivity (Wildman–Crippen MR) is 54.2 cm³/mol. The Kier molecular flexibility index (Phi) is 7.09. The highest BCUT2D eigenvalue weighted by molar-refractivity contribution is 5.78. The van der Waals surface area contributed by atoms with E-state index in [9.17, 15) is 70.7 Å². The fraction of sp³-hybridized carbons (Fsp3) is 0.700. The molecule has 19 heteroatoms. The van der Waals surface area contributed by atoms with Gasteiger partial charge in [-0.2, -0.15) is 65.9 Å². The van der Waals surface area contributed by atoms with Gasteiger partial charge >= 0.3 is 54.2 Å². The normalized spacial score (nSPS) is 16.1. The molecule has 0 saturated carbocycles. The minimum absolute atomic E-state index is 0.140. The van der Waals surface area contributed by atoms with E-state index in [-0.39, 0.29) is 7.11 Å². The maximum Gasteiger partial charge on any atom is 0.473 e. The van der Waals surface area contributed by atoms with Gasteiger partial charge in [0.15, 0.2) is 0 Å². The van der Waals surface area contributed by atoms with E-state index < -0.39 is 54.2 Å². The van der Waals surface area contributed by atoms with Gasteiger partial charge in [-0.05, 0) is 0 Å². The maximum absolute atomic E-state index is 13.5. The first-order valence-electron chi connectivity index (χ1n) is 5.97. The molecule has 4 nitrogen and oxygen atoms in total. The van der Waals surface area contributed by atoms with Crippen LogP contribution in [0.4, 0.5) is 65.9 Å². The lowest BCUT2D eigenvalue weighted by Gasteiger charge is -2.37. The predicted octanol–water partition coefficient (Wildman–Crippen LogP) is 4.91. The molecule has 0 aromatic heterocycles. The van der Waals surface area contributed by atoms with E-state index in [4.69, 9.17) is 0 Å². The average molecular weight is 472 g/mol. The zero-order chi connectivity index (χ0) is 23.9. The summed E-state index contributed by atoms with van der Waals surface area (Å²) in [6.07, 6.45) is -25.9. The molecular weight excluding hydrogens is 469 g/mol. The first-order valence-corrected chi connectivity index (χ1v) is 5.97. The summed E-state index contributed by atoms with van der Waals surface area (Å²) in [5, 5.41) is 0. The van der Waals surface area contributed by atoms with E-state index in [0.29, 0.717) is 0 Å². The van der Waals surface area contributed by atoms with Crippen LogP contribution in [0.15, 0.2) is 12.1 Å². The van der Waals surface area contributed by atoms with E-state index in [1.807, 2.05) is 4.74 Å². The van der Waals surface area contributed by atoms with E-state index in [0.717, 1.165) is 0 Å². The molecule has 1 unspecified atom stereocenters. The summed E-state index contributed by atoms with van der Waals surface area (Å²) in [5.74, 6) is -25.9. The van der Waals surface area contributed by atoms with E-state index >= 15 is 0 Å². The van der Waals surface area contributed by atoms with Crippen molar-refractivity contribution in [1.29, 1.82) is 0 Å². The number of alkyl halides is 12. The molecule has 0 saturated heterocycles. The Balaban J connectivity index is 6.31. The number of carbonyl (C=O) groups excluding carboxylic acids is 1. The monoisotopic (exact) mass is 472 g/mol. The summed E-state index contributed by atoms with van der Waals surface area (Å²) in [5.41, 5.74) is 0. The van der Waals surface area contributed by atoms with E-state index in [1.165, 1.54) is 0 Å². The Morgan fingerprint density at radius 1 is 0.690 bits per heavy atom. The molecular formula is C10H3F15O4. The van der Waals surface area contributed by atoms with Crippen LogP contribution in [0.5, 0.6) is 0 Å². The van der Waals surface area contributed by atoms with Crippen molar-refractivity contribution in [2.45, 2.75) is 36.1 Å². The van der Waals surface area contributed by atoms with Crippen molar-refractivity contribution < 1.29 is 84.9 Å². The van der Waals surface area contributed by atoms with Crippen LogP contribution in [0.1, 0.15) is 0 Å². The van der Waals surface area contributed by atoms with Crippen LogP contribution < -0.4 is 0 Å². The van der Waals surface area contributed by atoms with Gasteiger partial charge in [0.25, 0.3) is 0 Å². The van der Waals surface area contributed by atoms with Gasteiger partial charge in [-0.1, -0.05) is 0 Å². The molecule has 0 radical (unpaired) electrons. The number of rotatable bonds is 8. The second-order valence-electron chi connectivity index (χ2n) is 4.51. The van der Waals surface area contributed by atoms with E-state index in [2.05, 4.69) is 4.74 Å². The van der Waals surface area contributed by atoms with Gasteiger partial charge < -0.3 is 9.47 Å². The maximum atomic E-state index is 13.5. The van der Waals surface area contributed by atoms with Gasteiger partial charge in [-0.15, -0.1) is 0 Å². The van der Waals surface area contributed by atoms with Crippen LogP contribution >= 0.6 is 0 Å². The molecule has 0 bridgehead atoms. The number of methoxy groups -OCH3 is 1. The van der Waals surface area contributed by atoms with Crippen LogP contribution in [0.2, 0.25) is 0 Å². The molecule has 0 amide bonds. The van der Waals surface area contributed by atoms with Crippen molar-refractivity contribution in [3.8, 4) is 0 Å². The molecule has 29 heavy (non-hydrogen) atoms. The van der Waals surface area contributed by atoms with Crippen molar-refractivity contribution in [3.63, 3.8) is 0 Å². The second-order valence-corrected chi connectivity index (χ2v) is 4.51. The van der Waals surface area contributed by atoms with Gasteiger partial charge in [-0.3, -0.25) is 4.74 Å². The fourth-order valence-corrected chi connectivity index (χ4v) is 1.17. The summed E-state index contributed by atoms with van der Waals surface area (Å²) in [6, 6.07) is -3.96. The summed E-state index contributed by atoms with van der Waals surface area (Å²) < 4.78 is 197. The van der Waals surface area contributed by atoms with Gasteiger partial charge in [0.1, 0.15) is 0 Å². The quantitative estimate of drug-likeness (QED) is 0.286. The third-order valence-corrected chi connectivity index (χ3v) is 2.57. The summed E-state index contributed by atoms with van der Waals surface area (Å²) in [6.45, 7) is 0. The molecule has 0 aliphatic rings. The lowest BCUT2D eigenvalue weighted by molar-refractivity contribution is -0.491. The summed E-state index contributed by atoms with van der Waals surface area (Å²) in [4.78, 5) is 10.6. The molecule has 0 aliphatic heterocycles. The molecule has 0 heterocycles. The largest absolute Gasteiger partial charge is 0.473 e. The second kappa shape index (κ2) is 7.63. The average Bonchev–Trinajstić information content (AvgIpc) is 2.51. The topological polar surface area (TPSA) is 44.8 Å². The lowest BCUT2D eigenvalue weighted by atomic mass is 10.1.